The molecule has 0 aliphatic rings. The number of likely N-dealkylation sites (N-methyl/N-ethyl adjacent to an activating group) is 2. The molecule has 0 bridgehead atoms. The highest BCUT2D eigenvalue weighted by atomic mass is 35.5. The first-order valence-corrected chi connectivity index (χ1v) is 6.10. The molecule has 0 saturated carbocycles. The van der Waals surface area contributed by atoms with Crippen LogP contribution in [0.2, 0.25) is 0 Å². The fourth-order valence-corrected chi connectivity index (χ4v) is 2.21. The molecule has 1 rings (SSSR count). The third-order valence-electron chi connectivity index (χ3n) is 2.06. The van der Waals surface area contributed by atoms with Crippen LogP contribution >= 0.6 is 12.4 Å². The van der Waals surface area contributed by atoms with Gasteiger partial charge in [-0.3, -0.25) is 0 Å². The predicted molar refractivity (Wildman–Crippen MR) is 64.4 cm³/mol. The zero-order chi connectivity index (χ0) is 11.5. The van der Waals surface area contributed by atoms with E-state index in [2.05, 4.69) is 5.32 Å². The van der Waals surface area contributed by atoms with Crippen LogP contribution in [0.3, 0.4) is 0 Å². The van der Waals surface area contributed by atoms with Crippen LogP contribution in [-0.2, 0) is 10.0 Å². The molecule has 0 spiro atoms. The SMILES string of the molecule is CNCCN(C)S(=O)(=O)c1ccc(C)o1.Cl. The minimum atomic E-state index is -3.46. The van der Waals surface area contributed by atoms with Gasteiger partial charge >= 0.3 is 0 Å². The van der Waals surface area contributed by atoms with Gasteiger partial charge in [-0.1, -0.05) is 0 Å². The number of hydrogen-bond donors (Lipinski definition) is 1. The maximum atomic E-state index is 11.9. The van der Waals surface area contributed by atoms with E-state index in [4.69, 9.17) is 4.42 Å². The Morgan fingerprint density at radius 1 is 1.44 bits per heavy atom. The lowest BCUT2D eigenvalue weighted by Gasteiger charge is -2.14. The van der Waals surface area contributed by atoms with E-state index in [9.17, 15) is 8.42 Å². The van der Waals surface area contributed by atoms with Crippen LogP contribution in [0.1, 0.15) is 5.76 Å². The Kier molecular flexibility index (Phi) is 6.02. The molecule has 1 aromatic rings. The van der Waals surface area contributed by atoms with Gasteiger partial charge in [0.25, 0.3) is 10.0 Å². The van der Waals surface area contributed by atoms with Gasteiger partial charge < -0.3 is 9.73 Å². The van der Waals surface area contributed by atoms with E-state index in [-0.39, 0.29) is 17.5 Å². The average molecular weight is 269 g/mol. The van der Waals surface area contributed by atoms with Gasteiger partial charge in [0.1, 0.15) is 5.76 Å². The molecule has 0 amide bonds. The Morgan fingerprint density at radius 3 is 2.50 bits per heavy atom. The second-order valence-corrected chi connectivity index (χ2v) is 5.27. The summed E-state index contributed by atoms with van der Waals surface area (Å²) in [5.74, 6) is 0.593. The first kappa shape index (κ1) is 15.4. The quantitative estimate of drug-likeness (QED) is 0.860. The van der Waals surface area contributed by atoms with Crippen molar-refractivity contribution in [2.75, 3.05) is 27.2 Å². The van der Waals surface area contributed by atoms with E-state index in [0.717, 1.165) is 0 Å². The van der Waals surface area contributed by atoms with Gasteiger partial charge in [-0.15, -0.1) is 12.4 Å². The smallest absolute Gasteiger partial charge is 0.276 e. The molecule has 16 heavy (non-hydrogen) atoms. The standard InChI is InChI=1S/C9H16N2O3S.ClH/c1-8-4-5-9(14-8)15(12,13)11(3)7-6-10-2;/h4-5,10H,6-7H2,1-3H3;1H. The summed E-state index contributed by atoms with van der Waals surface area (Å²) >= 11 is 0. The molecule has 1 heterocycles. The molecular formula is C9H17ClN2O3S. The van der Waals surface area contributed by atoms with Crippen LogP contribution < -0.4 is 5.32 Å². The molecule has 5 nitrogen and oxygen atoms in total. The molecule has 94 valence electrons. The number of furan rings is 1. The molecule has 0 aliphatic heterocycles. The summed E-state index contributed by atoms with van der Waals surface area (Å²) in [5, 5.41) is 2.89. The van der Waals surface area contributed by atoms with Crippen molar-refractivity contribution in [3.05, 3.63) is 17.9 Å². The van der Waals surface area contributed by atoms with Crippen molar-refractivity contribution in [3.8, 4) is 0 Å². The lowest BCUT2D eigenvalue weighted by molar-refractivity contribution is 0.396. The van der Waals surface area contributed by atoms with E-state index in [1.54, 1.807) is 20.0 Å². The van der Waals surface area contributed by atoms with Gasteiger partial charge in [0, 0.05) is 20.1 Å². The summed E-state index contributed by atoms with van der Waals surface area (Å²) in [6, 6.07) is 3.11. The number of nitrogens with one attached hydrogen (secondary N) is 1. The lowest BCUT2D eigenvalue weighted by atomic mass is 10.5. The van der Waals surface area contributed by atoms with E-state index in [1.165, 1.54) is 17.4 Å². The minimum Gasteiger partial charge on any atom is -0.449 e. The van der Waals surface area contributed by atoms with E-state index < -0.39 is 10.0 Å². The highest BCUT2D eigenvalue weighted by molar-refractivity contribution is 7.89. The fraction of sp³-hybridized carbons (Fsp3) is 0.556. The van der Waals surface area contributed by atoms with Crippen LogP contribution in [-0.4, -0.2) is 39.9 Å². The van der Waals surface area contributed by atoms with Crippen LogP contribution in [0.25, 0.3) is 0 Å². The number of nitrogens with zero attached hydrogens (tertiary/aromatic N) is 1. The van der Waals surface area contributed by atoms with Gasteiger partial charge in [-0.2, -0.15) is 4.31 Å². The summed E-state index contributed by atoms with van der Waals surface area (Å²) < 4.78 is 30.1. The number of rotatable bonds is 5. The zero-order valence-corrected chi connectivity index (χ0v) is 11.2. The van der Waals surface area contributed by atoms with Gasteiger partial charge in [0.15, 0.2) is 0 Å². The first-order valence-electron chi connectivity index (χ1n) is 4.66. The maximum Gasteiger partial charge on any atom is 0.276 e. The molecule has 0 saturated heterocycles. The highest BCUT2D eigenvalue weighted by Gasteiger charge is 2.23. The Bertz CT molecular complexity index is 416. The summed E-state index contributed by atoms with van der Waals surface area (Å²) in [4.78, 5) is 0. The van der Waals surface area contributed by atoms with Crippen molar-refractivity contribution in [2.24, 2.45) is 0 Å². The Labute approximate surface area is 102 Å². The Morgan fingerprint density at radius 2 is 2.06 bits per heavy atom. The minimum absolute atomic E-state index is 0. The van der Waals surface area contributed by atoms with Crippen molar-refractivity contribution in [2.45, 2.75) is 12.0 Å². The van der Waals surface area contributed by atoms with Crippen molar-refractivity contribution >= 4 is 22.4 Å². The Hall–Kier alpha value is -0.560. The highest BCUT2D eigenvalue weighted by Crippen LogP contribution is 2.16. The van der Waals surface area contributed by atoms with E-state index in [0.29, 0.717) is 18.8 Å². The molecule has 7 heteroatoms. The molecule has 0 fully saturated rings. The van der Waals surface area contributed by atoms with Crippen molar-refractivity contribution in [1.82, 2.24) is 9.62 Å². The number of sulfonamides is 1. The lowest BCUT2D eigenvalue weighted by Crippen LogP contribution is -2.32. The zero-order valence-electron chi connectivity index (χ0n) is 9.56. The van der Waals surface area contributed by atoms with Gasteiger partial charge in [0.2, 0.25) is 5.09 Å². The monoisotopic (exact) mass is 268 g/mol. The molecule has 0 aromatic carbocycles. The normalized spacial score (nSPS) is 11.5. The van der Waals surface area contributed by atoms with Crippen LogP contribution in [0.4, 0.5) is 0 Å². The first-order chi connectivity index (χ1) is 6.98. The second kappa shape index (κ2) is 6.24. The number of aryl methyl sites for hydroxylation is 1. The summed E-state index contributed by atoms with van der Waals surface area (Å²) in [6.45, 7) is 2.74. The average Bonchev–Trinajstić information content (AvgIpc) is 2.61. The third-order valence-corrected chi connectivity index (χ3v) is 3.79. The molecule has 0 aliphatic carbocycles. The van der Waals surface area contributed by atoms with E-state index in [1.807, 2.05) is 0 Å². The predicted octanol–water partition coefficient (Wildman–Crippen LogP) is 0.850. The molecule has 0 unspecified atom stereocenters. The largest absolute Gasteiger partial charge is 0.449 e. The third kappa shape index (κ3) is 3.48. The number of halogens is 1. The molecule has 1 aromatic heterocycles. The second-order valence-electron chi connectivity index (χ2n) is 3.30. The molecular weight excluding hydrogens is 252 g/mol. The molecule has 0 radical (unpaired) electrons. The van der Waals surface area contributed by atoms with Crippen LogP contribution in [0.5, 0.6) is 0 Å². The van der Waals surface area contributed by atoms with Crippen molar-refractivity contribution in [3.63, 3.8) is 0 Å². The topological polar surface area (TPSA) is 62.6 Å². The van der Waals surface area contributed by atoms with Gasteiger partial charge in [-0.05, 0) is 26.1 Å². The summed E-state index contributed by atoms with van der Waals surface area (Å²) in [7, 11) is -0.156. The van der Waals surface area contributed by atoms with E-state index >= 15 is 0 Å². The summed E-state index contributed by atoms with van der Waals surface area (Å²) in [5.41, 5.74) is 0. The Balaban J connectivity index is 0.00000225. The number of hydrogen-bond acceptors (Lipinski definition) is 4. The van der Waals surface area contributed by atoms with Gasteiger partial charge in [0.05, 0.1) is 0 Å². The van der Waals surface area contributed by atoms with Crippen LogP contribution in [0.15, 0.2) is 21.6 Å². The van der Waals surface area contributed by atoms with Crippen LogP contribution in [0, 0.1) is 6.92 Å². The fourth-order valence-electron chi connectivity index (χ4n) is 1.09. The van der Waals surface area contributed by atoms with Gasteiger partial charge in [-0.25, -0.2) is 8.42 Å². The van der Waals surface area contributed by atoms with Crippen molar-refractivity contribution < 1.29 is 12.8 Å². The summed E-state index contributed by atoms with van der Waals surface area (Å²) in [6.07, 6.45) is 0. The maximum absolute atomic E-state index is 11.9. The molecule has 1 N–H and O–H groups in total. The van der Waals surface area contributed by atoms with Crippen molar-refractivity contribution in [1.29, 1.82) is 0 Å². The molecule has 0 atom stereocenters.